The van der Waals surface area contributed by atoms with Crippen molar-refractivity contribution in [1.29, 1.82) is 0 Å². The minimum Gasteiger partial charge on any atom is -0.391 e. The molecular weight excluding hydrogens is 325 g/mol. The monoisotopic (exact) mass is 341 g/mol. The van der Waals surface area contributed by atoms with Gasteiger partial charge < -0.3 is 10.4 Å². The average molecular weight is 342 g/mol. The maximum Gasteiger partial charge on any atom is 0.244 e. The van der Waals surface area contributed by atoms with Crippen LogP contribution < -0.4 is 5.32 Å². The SMILES string of the molecule is O=C(C=Cc1cc(Br)ccc1F)NC1CCCCC1O. The standard InChI is InChI=1S/C15H17BrFNO2/c16-11-6-7-12(17)10(9-11)5-8-15(20)18-13-3-1-2-4-14(13)19/h5-9,13-14,19H,1-4H2,(H,18,20). The number of carbonyl (C=O) groups is 1. The van der Waals surface area contributed by atoms with Crippen LogP contribution in [0.1, 0.15) is 31.2 Å². The van der Waals surface area contributed by atoms with E-state index in [1.54, 1.807) is 12.1 Å². The number of benzene rings is 1. The fourth-order valence-electron chi connectivity index (χ4n) is 2.32. The maximum absolute atomic E-state index is 13.5. The first-order chi connectivity index (χ1) is 9.56. The molecule has 1 aliphatic rings. The van der Waals surface area contributed by atoms with Crippen molar-refractivity contribution in [1.82, 2.24) is 5.32 Å². The molecule has 1 aromatic rings. The van der Waals surface area contributed by atoms with E-state index in [-0.39, 0.29) is 17.8 Å². The molecule has 0 radical (unpaired) electrons. The van der Waals surface area contributed by atoms with Crippen LogP contribution >= 0.6 is 15.9 Å². The molecule has 3 nitrogen and oxygen atoms in total. The number of halogens is 2. The van der Waals surface area contributed by atoms with Gasteiger partial charge in [0.1, 0.15) is 5.82 Å². The van der Waals surface area contributed by atoms with E-state index in [1.807, 2.05) is 0 Å². The Morgan fingerprint density at radius 3 is 2.90 bits per heavy atom. The highest BCUT2D eigenvalue weighted by Crippen LogP contribution is 2.19. The van der Waals surface area contributed by atoms with Crippen molar-refractivity contribution in [3.63, 3.8) is 0 Å². The molecule has 20 heavy (non-hydrogen) atoms. The Bertz CT molecular complexity index is 519. The molecule has 1 saturated carbocycles. The lowest BCUT2D eigenvalue weighted by atomic mass is 9.92. The zero-order valence-corrected chi connectivity index (χ0v) is 12.6. The fraction of sp³-hybridized carbons (Fsp3) is 0.400. The van der Waals surface area contributed by atoms with Gasteiger partial charge in [-0.1, -0.05) is 28.8 Å². The zero-order valence-electron chi connectivity index (χ0n) is 11.0. The van der Waals surface area contributed by atoms with Crippen LogP contribution in [0, 0.1) is 5.82 Å². The van der Waals surface area contributed by atoms with Crippen LogP contribution in [0.5, 0.6) is 0 Å². The molecule has 0 aliphatic heterocycles. The molecule has 2 atom stereocenters. The Kier molecular flexibility index (Phi) is 5.31. The summed E-state index contributed by atoms with van der Waals surface area (Å²) in [7, 11) is 0. The second kappa shape index (κ2) is 6.99. The van der Waals surface area contributed by atoms with Crippen molar-refractivity contribution >= 4 is 27.9 Å². The van der Waals surface area contributed by atoms with Crippen molar-refractivity contribution in [2.24, 2.45) is 0 Å². The lowest BCUT2D eigenvalue weighted by Gasteiger charge is -2.27. The number of carbonyl (C=O) groups excluding carboxylic acids is 1. The molecule has 1 aliphatic carbocycles. The molecule has 0 saturated heterocycles. The highest BCUT2D eigenvalue weighted by atomic mass is 79.9. The van der Waals surface area contributed by atoms with Crippen molar-refractivity contribution < 1.29 is 14.3 Å². The summed E-state index contributed by atoms with van der Waals surface area (Å²) in [5.74, 6) is -0.690. The Morgan fingerprint density at radius 1 is 1.40 bits per heavy atom. The van der Waals surface area contributed by atoms with Gasteiger partial charge in [-0.15, -0.1) is 0 Å². The van der Waals surface area contributed by atoms with Crippen molar-refractivity contribution in [3.05, 3.63) is 40.1 Å². The van der Waals surface area contributed by atoms with E-state index in [4.69, 9.17) is 0 Å². The molecule has 0 bridgehead atoms. The number of hydrogen-bond donors (Lipinski definition) is 2. The van der Waals surface area contributed by atoms with E-state index in [9.17, 15) is 14.3 Å². The van der Waals surface area contributed by atoms with E-state index in [1.165, 1.54) is 18.2 Å². The topological polar surface area (TPSA) is 49.3 Å². The van der Waals surface area contributed by atoms with Crippen LogP contribution in [0.25, 0.3) is 6.08 Å². The van der Waals surface area contributed by atoms with Gasteiger partial charge in [0, 0.05) is 16.1 Å². The van der Waals surface area contributed by atoms with Crippen LogP contribution in [0.15, 0.2) is 28.7 Å². The van der Waals surface area contributed by atoms with Crippen molar-refractivity contribution in [2.75, 3.05) is 0 Å². The quantitative estimate of drug-likeness (QED) is 0.830. The zero-order chi connectivity index (χ0) is 14.5. The first-order valence-corrected chi connectivity index (χ1v) is 7.47. The summed E-state index contributed by atoms with van der Waals surface area (Å²) in [4.78, 5) is 11.8. The van der Waals surface area contributed by atoms with Gasteiger partial charge in [0.15, 0.2) is 0 Å². The molecule has 2 rings (SSSR count). The third-order valence-electron chi connectivity index (χ3n) is 3.43. The van der Waals surface area contributed by atoms with E-state index in [2.05, 4.69) is 21.2 Å². The van der Waals surface area contributed by atoms with E-state index in [0.717, 1.165) is 30.2 Å². The minimum absolute atomic E-state index is 0.201. The van der Waals surface area contributed by atoms with Crippen molar-refractivity contribution in [2.45, 2.75) is 37.8 Å². The highest BCUT2D eigenvalue weighted by molar-refractivity contribution is 9.10. The second-order valence-electron chi connectivity index (χ2n) is 4.97. The molecule has 2 N–H and O–H groups in total. The average Bonchev–Trinajstić information content (AvgIpc) is 2.42. The van der Waals surface area contributed by atoms with E-state index < -0.39 is 6.10 Å². The summed E-state index contributed by atoms with van der Waals surface area (Å²) >= 11 is 3.26. The Hall–Kier alpha value is -1.20. The smallest absolute Gasteiger partial charge is 0.244 e. The Balaban J connectivity index is 1.96. The van der Waals surface area contributed by atoms with Gasteiger partial charge in [-0.25, -0.2) is 4.39 Å². The van der Waals surface area contributed by atoms with Crippen LogP contribution in [0.4, 0.5) is 4.39 Å². The van der Waals surface area contributed by atoms with Crippen molar-refractivity contribution in [3.8, 4) is 0 Å². The van der Waals surface area contributed by atoms with E-state index in [0.29, 0.717) is 5.56 Å². The Morgan fingerprint density at radius 2 is 2.15 bits per heavy atom. The number of amides is 1. The third-order valence-corrected chi connectivity index (χ3v) is 3.92. The van der Waals surface area contributed by atoms with Gasteiger partial charge in [-0.3, -0.25) is 4.79 Å². The third kappa shape index (κ3) is 4.15. The molecule has 1 amide bonds. The molecule has 5 heteroatoms. The summed E-state index contributed by atoms with van der Waals surface area (Å²) in [6.07, 6.45) is 5.75. The summed E-state index contributed by atoms with van der Waals surface area (Å²) < 4.78 is 14.2. The number of rotatable bonds is 3. The fourth-order valence-corrected chi connectivity index (χ4v) is 2.70. The minimum atomic E-state index is -0.483. The lowest BCUT2D eigenvalue weighted by Crippen LogP contribution is -2.44. The Labute approximate surface area is 126 Å². The molecule has 0 aromatic heterocycles. The molecule has 108 valence electrons. The van der Waals surface area contributed by atoms with Crippen LogP contribution in [0.2, 0.25) is 0 Å². The first kappa shape index (κ1) is 15.2. The number of aliphatic hydroxyl groups excluding tert-OH is 1. The molecule has 1 fully saturated rings. The molecule has 2 unspecified atom stereocenters. The van der Waals surface area contributed by atoms with E-state index >= 15 is 0 Å². The van der Waals surface area contributed by atoms with Gasteiger partial charge in [-0.2, -0.15) is 0 Å². The molecular formula is C15H17BrFNO2. The molecule has 1 aromatic carbocycles. The van der Waals surface area contributed by atoms with Gasteiger partial charge in [0.05, 0.1) is 12.1 Å². The molecule has 0 spiro atoms. The van der Waals surface area contributed by atoms with Gasteiger partial charge in [0.25, 0.3) is 0 Å². The van der Waals surface area contributed by atoms with Gasteiger partial charge in [-0.05, 0) is 37.1 Å². The first-order valence-electron chi connectivity index (χ1n) is 6.68. The number of hydrogen-bond acceptors (Lipinski definition) is 2. The van der Waals surface area contributed by atoms with Crippen LogP contribution in [-0.4, -0.2) is 23.2 Å². The number of nitrogens with one attached hydrogen (secondary N) is 1. The normalized spacial score (nSPS) is 22.9. The summed E-state index contributed by atoms with van der Waals surface area (Å²) in [6.45, 7) is 0. The molecule has 0 heterocycles. The van der Waals surface area contributed by atoms with Crippen LogP contribution in [-0.2, 0) is 4.79 Å². The summed E-state index contributed by atoms with van der Waals surface area (Å²) in [5.41, 5.74) is 0.346. The van der Waals surface area contributed by atoms with Crippen LogP contribution in [0.3, 0.4) is 0 Å². The second-order valence-corrected chi connectivity index (χ2v) is 5.88. The van der Waals surface area contributed by atoms with Gasteiger partial charge in [0.2, 0.25) is 5.91 Å². The predicted octanol–water partition coefficient (Wildman–Crippen LogP) is 3.02. The lowest BCUT2D eigenvalue weighted by molar-refractivity contribution is -0.118. The predicted molar refractivity (Wildman–Crippen MR) is 79.5 cm³/mol. The number of aliphatic hydroxyl groups is 1. The summed E-state index contributed by atoms with van der Waals surface area (Å²) in [6, 6.07) is 4.35. The highest BCUT2D eigenvalue weighted by Gasteiger charge is 2.23. The summed E-state index contributed by atoms with van der Waals surface area (Å²) in [5, 5.41) is 12.5. The largest absolute Gasteiger partial charge is 0.391 e. The van der Waals surface area contributed by atoms with Gasteiger partial charge >= 0.3 is 0 Å². The maximum atomic E-state index is 13.5.